The molecule has 0 unspecified atom stereocenters. The van der Waals surface area contributed by atoms with Crippen LogP contribution in [0.15, 0.2) is 18.2 Å². The minimum absolute atomic E-state index is 0.102. The summed E-state index contributed by atoms with van der Waals surface area (Å²) in [4.78, 5) is 12.1. The molecule has 20 heavy (non-hydrogen) atoms. The smallest absolute Gasteiger partial charge is 0.270 e. The van der Waals surface area contributed by atoms with Crippen molar-refractivity contribution < 1.29 is 4.92 Å². The first kappa shape index (κ1) is 15.5. The van der Waals surface area contributed by atoms with Gasteiger partial charge in [0.2, 0.25) is 0 Å². The zero-order valence-corrected chi connectivity index (χ0v) is 11.5. The molecule has 0 amide bonds. The Hall–Kier alpha value is -2.60. The van der Waals surface area contributed by atoms with Crippen molar-refractivity contribution in [1.82, 2.24) is 0 Å². The van der Waals surface area contributed by atoms with Crippen LogP contribution < -0.4 is 4.90 Å². The van der Waals surface area contributed by atoms with Gasteiger partial charge in [0, 0.05) is 25.2 Å². The van der Waals surface area contributed by atoms with Crippen molar-refractivity contribution in [2.45, 2.75) is 20.3 Å². The van der Waals surface area contributed by atoms with Gasteiger partial charge in [0.1, 0.15) is 6.07 Å². The van der Waals surface area contributed by atoms with Gasteiger partial charge in [-0.15, -0.1) is 0 Å². The standard InChI is InChI=1S/C14H16N4O2/c1-11(2)10-17(7-3-6-15)14-5-4-13(18(19)20)8-12(14)9-16/h4-5,8,11H,3,7,10H2,1-2H3. The van der Waals surface area contributed by atoms with Crippen molar-refractivity contribution >= 4 is 11.4 Å². The molecule has 0 aliphatic rings. The van der Waals surface area contributed by atoms with Crippen LogP contribution >= 0.6 is 0 Å². The lowest BCUT2D eigenvalue weighted by molar-refractivity contribution is -0.384. The molecule has 0 atom stereocenters. The molecule has 0 aliphatic carbocycles. The third-order valence-corrected chi connectivity index (χ3v) is 2.73. The molecule has 1 aromatic carbocycles. The summed E-state index contributed by atoms with van der Waals surface area (Å²) in [7, 11) is 0. The van der Waals surface area contributed by atoms with E-state index in [4.69, 9.17) is 10.5 Å². The van der Waals surface area contributed by atoms with E-state index >= 15 is 0 Å². The number of non-ortho nitro benzene ring substituents is 1. The molecule has 0 aliphatic heterocycles. The van der Waals surface area contributed by atoms with Gasteiger partial charge in [-0.2, -0.15) is 10.5 Å². The molecule has 0 N–H and O–H groups in total. The fourth-order valence-electron chi connectivity index (χ4n) is 1.94. The van der Waals surface area contributed by atoms with E-state index in [0.717, 1.165) is 0 Å². The molecule has 1 aromatic rings. The average molecular weight is 272 g/mol. The summed E-state index contributed by atoms with van der Waals surface area (Å²) in [6.07, 6.45) is 0.342. The fourth-order valence-corrected chi connectivity index (χ4v) is 1.94. The van der Waals surface area contributed by atoms with E-state index in [1.165, 1.54) is 12.1 Å². The summed E-state index contributed by atoms with van der Waals surface area (Å²) in [5.74, 6) is 0.357. The third-order valence-electron chi connectivity index (χ3n) is 2.73. The van der Waals surface area contributed by atoms with Gasteiger partial charge in [0.25, 0.3) is 5.69 Å². The number of benzene rings is 1. The maximum absolute atomic E-state index is 10.7. The summed E-state index contributed by atoms with van der Waals surface area (Å²) < 4.78 is 0. The molecular formula is C14H16N4O2. The lowest BCUT2D eigenvalue weighted by atomic mass is 10.1. The first-order chi connectivity index (χ1) is 9.49. The van der Waals surface area contributed by atoms with Crippen molar-refractivity contribution in [2.75, 3.05) is 18.0 Å². The lowest BCUT2D eigenvalue weighted by Crippen LogP contribution is -2.29. The summed E-state index contributed by atoms with van der Waals surface area (Å²) >= 11 is 0. The Balaban J connectivity index is 3.15. The zero-order valence-electron chi connectivity index (χ0n) is 11.5. The second-order valence-electron chi connectivity index (χ2n) is 4.82. The van der Waals surface area contributed by atoms with Crippen molar-refractivity contribution in [3.8, 4) is 12.1 Å². The second-order valence-corrected chi connectivity index (χ2v) is 4.82. The molecule has 6 nitrogen and oxygen atoms in total. The Morgan fingerprint density at radius 1 is 1.40 bits per heavy atom. The highest BCUT2D eigenvalue weighted by molar-refractivity contribution is 5.63. The molecule has 0 saturated heterocycles. The van der Waals surface area contributed by atoms with E-state index in [1.807, 2.05) is 24.8 Å². The van der Waals surface area contributed by atoms with Crippen LogP contribution in [0.25, 0.3) is 0 Å². The van der Waals surface area contributed by atoms with E-state index in [2.05, 4.69) is 6.07 Å². The molecule has 1 rings (SSSR count). The van der Waals surface area contributed by atoms with E-state index in [0.29, 0.717) is 31.1 Å². The Labute approximate surface area is 118 Å². The number of nitriles is 2. The van der Waals surface area contributed by atoms with Crippen LogP contribution in [0.2, 0.25) is 0 Å². The summed E-state index contributed by atoms with van der Waals surface area (Å²) in [6.45, 7) is 5.27. The number of anilines is 1. The second kappa shape index (κ2) is 7.10. The number of rotatable bonds is 6. The Morgan fingerprint density at radius 3 is 2.60 bits per heavy atom. The van der Waals surface area contributed by atoms with Crippen LogP contribution in [0.5, 0.6) is 0 Å². The van der Waals surface area contributed by atoms with Crippen LogP contribution in [-0.2, 0) is 0 Å². The largest absolute Gasteiger partial charge is 0.369 e. The van der Waals surface area contributed by atoms with Gasteiger partial charge in [-0.25, -0.2) is 0 Å². The molecule has 104 valence electrons. The summed E-state index contributed by atoms with van der Waals surface area (Å²) in [6, 6.07) is 8.30. The average Bonchev–Trinajstić information content (AvgIpc) is 2.42. The van der Waals surface area contributed by atoms with E-state index in [9.17, 15) is 10.1 Å². The van der Waals surface area contributed by atoms with Crippen LogP contribution in [0.3, 0.4) is 0 Å². The molecule has 6 heteroatoms. The van der Waals surface area contributed by atoms with Crippen molar-refractivity contribution in [3.05, 3.63) is 33.9 Å². The Kier molecular flexibility index (Phi) is 5.49. The van der Waals surface area contributed by atoms with Gasteiger partial charge in [-0.1, -0.05) is 13.8 Å². The van der Waals surface area contributed by atoms with Crippen LogP contribution in [0.4, 0.5) is 11.4 Å². The number of nitro benzene ring substituents is 1. The Morgan fingerprint density at radius 2 is 2.10 bits per heavy atom. The number of nitrogens with zero attached hydrogens (tertiary/aromatic N) is 4. The maximum atomic E-state index is 10.7. The first-order valence-corrected chi connectivity index (χ1v) is 6.30. The molecule has 0 radical (unpaired) electrons. The highest BCUT2D eigenvalue weighted by Gasteiger charge is 2.16. The van der Waals surface area contributed by atoms with E-state index < -0.39 is 4.92 Å². The molecule has 0 heterocycles. The molecular weight excluding hydrogens is 256 g/mol. The zero-order chi connectivity index (χ0) is 15.1. The number of hydrogen-bond acceptors (Lipinski definition) is 5. The molecule has 0 fully saturated rings. The monoisotopic (exact) mass is 272 g/mol. The maximum Gasteiger partial charge on any atom is 0.270 e. The molecule has 0 bridgehead atoms. The third kappa shape index (κ3) is 3.96. The highest BCUT2D eigenvalue weighted by atomic mass is 16.6. The molecule has 0 aromatic heterocycles. The number of hydrogen-bond donors (Lipinski definition) is 0. The van der Waals surface area contributed by atoms with Gasteiger partial charge in [-0.05, 0) is 12.0 Å². The summed E-state index contributed by atoms with van der Waals surface area (Å²) in [5.41, 5.74) is 0.801. The lowest BCUT2D eigenvalue weighted by Gasteiger charge is -2.26. The first-order valence-electron chi connectivity index (χ1n) is 6.30. The van der Waals surface area contributed by atoms with Gasteiger partial charge >= 0.3 is 0 Å². The molecule has 0 spiro atoms. The highest BCUT2D eigenvalue weighted by Crippen LogP contribution is 2.25. The van der Waals surface area contributed by atoms with E-state index in [1.54, 1.807) is 6.07 Å². The van der Waals surface area contributed by atoms with Gasteiger partial charge in [0.05, 0.1) is 28.7 Å². The predicted octanol–water partition coefficient (Wildman–Crippen LogP) is 2.84. The van der Waals surface area contributed by atoms with Crippen LogP contribution in [0, 0.1) is 38.7 Å². The van der Waals surface area contributed by atoms with Crippen molar-refractivity contribution in [3.63, 3.8) is 0 Å². The Bertz CT molecular complexity index is 570. The van der Waals surface area contributed by atoms with Crippen LogP contribution in [-0.4, -0.2) is 18.0 Å². The van der Waals surface area contributed by atoms with Gasteiger partial charge in [0.15, 0.2) is 0 Å². The van der Waals surface area contributed by atoms with Crippen LogP contribution in [0.1, 0.15) is 25.8 Å². The SMILES string of the molecule is CC(C)CN(CCC#N)c1ccc([N+](=O)[O-])cc1C#N. The summed E-state index contributed by atoms with van der Waals surface area (Å²) in [5, 5.41) is 28.6. The van der Waals surface area contributed by atoms with Gasteiger partial charge in [-0.3, -0.25) is 10.1 Å². The fraction of sp³-hybridized carbons (Fsp3) is 0.429. The van der Waals surface area contributed by atoms with Crippen molar-refractivity contribution in [1.29, 1.82) is 10.5 Å². The van der Waals surface area contributed by atoms with Gasteiger partial charge < -0.3 is 4.90 Å². The predicted molar refractivity (Wildman–Crippen MR) is 75.1 cm³/mol. The minimum Gasteiger partial charge on any atom is -0.369 e. The van der Waals surface area contributed by atoms with Crippen molar-refractivity contribution in [2.24, 2.45) is 5.92 Å². The minimum atomic E-state index is -0.521. The topological polar surface area (TPSA) is 94.0 Å². The normalized spacial score (nSPS) is 9.85. The molecule has 0 saturated carbocycles. The number of nitro groups is 1. The quantitative estimate of drug-likeness (QED) is 0.586. The van der Waals surface area contributed by atoms with E-state index in [-0.39, 0.29) is 11.3 Å².